The fraction of sp³-hybridized carbons (Fsp3) is 0.613. The molecule has 39 heavy (non-hydrogen) atoms. The highest BCUT2D eigenvalue weighted by molar-refractivity contribution is 5.83. The third-order valence-electron chi connectivity index (χ3n) is 9.22. The van der Waals surface area contributed by atoms with Crippen LogP contribution in [0.1, 0.15) is 101 Å². The molecule has 0 bridgehead atoms. The summed E-state index contributed by atoms with van der Waals surface area (Å²) in [4.78, 5) is 40.3. The minimum absolute atomic E-state index is 0.111. The molecular formula is C31H41N5O3. The van der Waals surface area contributed by atoms with Crippen molar-refractivity contribution >= 4 is 22.8 Å². The number of hydrogen-bond acceptors (Lipinski definition) is 6. The summed E-state index contributed by atoms with van der Waals surface area (Å²) >= 11 is 0. The summed E-state index contributed by atoms with van der Waals surface area (Å²) in [6, 6.07) is 5.90. The van der Waals surface area contributed by atoms with Crippen molar-refractivity contribution in [2.45, 2.75) is 89.5 Å². The number of carbonyl (C=O) groups excluding carboxylic acids is 2. The lowest BCUT2D eigenvalue weighted by atomic mass is 9.91. The molecule has 0 unspecified atom stereocenters. The number of piperidine rings is 1. The summed E-state index contributed by atoms with van der Waals surface area (Å²) in [6.07, 6.45) is 12.2. The maximum atomic E-state index is 13.4. The van der Waals surface area contributed by atoms with Gasteiger partial charge in [-0.25, -0.2) is 9.97 Å². The van der Waals surface area contributed by atoms with Crippen LogP contribution in [0.15, 0.2) is 28.8 Å². The normalized spacial score (nSPS) is 21.3. The van der Waals surface area contributed by atoms with Crippen molar-refractivity contribution in [3.63, 3.8) is 0 Å². The van der Waals surface area contributed by atoms with Gasteiger partial charge >= 0.3 is 0 Å². The molecule has 8 heteroatoms. The first kappa shape index (κ1) is 26.2. The number of fused-ring (bicyclic) bond motifs is 1. The minimum atomic E-state index is -0.174. The Morgan fingerprint density at radius 1 is 1.21 bits per heavy atom. The molecule has 2 saturated carbocycles. The second kappa shape index (κ2) is 10.9. The number of H-pyrrole nitrogens is 1. The van der Waals surface area contributed by atoms with E-state index in [0.717, 1.165) is 105 Å². The van der Waals surface area contributed by atoms with Crippen LogP contribution in [0, 0.1) is 11.3 Å². The molecule has 2 aromatic heterocycles. The predicted octanol–water partition coefficient (Wildman–Crippen LogP) is 5.91. The highest BCUT2D eigenvalue weighted by atomic mass is 16.3. The maximum Gasteiger partial charge on any atom is 0.224 e. The highest BCUT2D eigenvalue weighted by Crippen LogP contribution is 2.59. The van der Waals surface area contributed by atoms with E-state index in [4.69, 9.17) is 9.40 Å². The SMILES string of the molecule is CCC(=O)CCCCC[C@H](NC(=O)[C@H]1CC12CCN(C)CC2)c1ncc(-c2ccc3nc(C4CC4)oc3c2)[nH]1. The molecule has 208 valence electrons. The highest BCUT2D eigenvalue weighted by Gasteiger charge is 2.58. The van der Waals surface area contributed by atoms with E-state index in [2.05, 4.69) is 27.2 Å². The average Bonchev–Trinajstić information content (AvgIpc) is 3.81. The molecule has 6 rings (SSSR count). The maximum absolute atomic E-state index is 13.4. The van der Waals surface area contributed by atoms with Gasteiger partial charge in [-0.3, -0.25) is 9.59 Å². The Kier molecular flexibility index (Phi) is 7.31. The lowest BCUT2D eigenvalue weighted by Crippen LogP contribution is -2.36. The molecule has 1 aromatic carbocycles. The summed E-state index contributed by atoms with van der Waals surface area (Å²) in [5.41, 5.74) is 3.79. The molecule has 3 aliphatic rings. The summed E-state index contributed by atoms with van der Waals surface area (Å²) in [5, 5.41) is 3.36. The molecule has 1 saturated heterocycles. The van der Waals surface area contributed by atoms with Crippen LogP contribution in [0.25, 0.3) is 22.4 Å². The van der Waals surface area contributed by atoms with Crippen LogP contribution in [-0.4, -0.2) is 51.7 Å². The van der Waals surface area contributed by atoms with Crippen molar-refractivity contribution in [2.24, 2.45) is 11.3 Å². The number of aromatic amines is 1. The Bertz CT molecular complexity index is 1330. The molecule has 0 radical (unpaired) electrons. The number of carbonyl (C=O) groups is 2. The monoisotopic (exact) mass is 531 g/mol. The zero-order chi connectivity index (χ0) is 27.0. The Morgan fingerprint density at radius 3 is 2.79 bits per heavy atom. The first-order chi connectivity index (χ1) is 18.9. The van der Waals surface area contributed by atoms with Gasteiger partial charge in [0.15, 0.2) is 11.5 Å². The van der Waals surface area contributed by atoms with E-state index in [1.807, 2.05) is 31.3 Å². The van der Waals surface area contributed by atoms with Gasteiger partial charge in [0.2, 0.25) is 5.91 Å². The van der Waals surface area contributed by atoms with Crippen LogP contribution in [0.5, 0.6) is 0 Å². The molecule has 1 amide bonds. The number of aromatic nitrogens is 3. The quantitative estimate of drug-likeness (QED) is 0.281. The van der Waals surface area contributed by atoms with Gasteiger partial charge in [-0.2, -0.15) is 0 Å². The van der Waals surface area contributed by atoms with E-state index in [1.54, 1.807) is 0 Å². The zero-order valence-corrected chi connectivity index (χ0v) is 23.3. The molecule has 2 aliphatic carbocycles. The molecule has 8 nitrogen and oxygen atoms in total. The van der Waals surface area contributed by atoms with Gasteiger partial charge in [0.05, 0.1) is 17.9 Å². The second-order valence-corrected chi connectivity index (χ2v) is 12.2. The number of rotatable bonds is 12. The van der Waals surface area contributed by atoms with Crippen LogP contribution in [0.2, 0.25) is 0 Å². The summed E-state index contributed by atoms with van der Waals surface area (Å²) in [6.45, 7) is 4.06. The zero-order valence-electron chi connectivity index (χ0n) is 23.3. The summed E-state index contributed by atoms with van der Waals surface area (Å²) < 4.78 is 6.03. The van der Waals surface area contributed by atoms with Crippen molar-refractivity contribution < 1.29 is 14.0 Å². The topological polar surface area (TPSA) is 104 Å². The summed E-state index contributed by atoms with van der Waals surface area (Å²) in [7, 11) is 2.16. The summed E-state index contributed by atoms with van der Waals surface area (Å²) in [5.74, 6) is 2.71. The van der Waals surface area contributed by atoms with E-state index in [9.17, 15) is 9.59 Å². The van der Waals surface area contributed by atoms with Gasteiger partial charge < -0.3 is 19.6 Å². The average molecular weight is 532 g/mol. The van der Waals surface area contributed by atoms with Gasteiger partial charge in [0.1, 0.15) is 17.1 Å². The molecule has 1 aliphatic heterocycles. The van der Waals surface area contributed by atoms with E-state index in [0.29, 0.717) is 24.5 Å². The Labute approximate surface area is 230 Å². The van der Waals surface area contributed by atoms with E-state index < -0.39 is 0 Å². The van der Waals surface area contributed by atoms with Crippen LogP contribution in [-0.2, 0) is 9.59 Å². The van der Waals surface area contributed by atoms with Gasteiger partial charge in [0, 0.05) is 30.2 Å². The Balaban J connectivity index is 1.14. The third kappa shape index (κ3) is 5.81. The number of Topliss-reactive ketones (excluding diaryl/α,β-unsaturated/α-hetero) is 1. The Hall–Kier alpha value is -3.00. The van der Waals surface area contributed by atoms with Crippen LogP contribution in [0.4, 0.5) is 0 Å². The third-order valence-corrected chi connectivity index (χ3v) is 9.22. The molecule has 1 spiro atoms. The predicted molar refractivity (Wildman–Crippen MR) is 150 cm³/mol. The van der Waals surface area contributed by atoms with Crippen molar-refractivity contribution in [3.8, 4) is 11.3 Å². The number of benzene rings is 1. The molecular weight excluding hydrogens is 490 g/mol. The van der Waals surface area contributed by atoms with Crippen molar-refractivity contribution in [3.05, 3.63) is 36.1 Å². The van der Waals surface area contributed by atoms with Crippen molar-refractivity contribution in [2.75, 3.05) is 20.1 Å². The minimum Gasteiger partial charge on any atom is -0.440 e. The first-order valence-corrected chi connectivity index (χ1v) is 14.9. The Morgan fingerprint density at radius 2 is 2.03 bits per heavy atom. The van der Waals surface area contributed by atoms with Gasteiger partial charge in [-0.05, 0) is 82.6 Å². The van der Waals surface area contributed by atoms with E-state index in [1.165, 1.54) is 0 Å². The number of nitrogens with one attached hydrogen (secondary N) is 2. The van der Waals surface area contributed by atoms with Gasteiger partial charge in [-0.15, -0.1) is 0 Å². The van der Waals surface area contributed by atoms with E-state index >= 15 is 0 Å². The second-order valence-electron chi connectivity index (χ2n) is 12.2. The van der Waals surface area contributed by atoms with Crippen molar-refractivity contribution in [1.82, 2.24) is 25.2 Å². The number of ketones is 1. The lowest BCUT2D eigenvalue weighted by Gasteiger charge is -2.30. The van der Waals surface area contributed by atoms with Gasteiger partial charge in [0.25, 0.3) is 0 Å². The standard InChI is InChI=1S/C31H41N5O3/c1-3-22(37)7-5-4-6-8-25(34-29(38)23-18-31(23)13-15-36(2)16-14-31)28-32-19-26(33-28)21-11-12-24-27(17-21)39-30(35-24)20-9-10-20/h11-12,17,19-20,23,25H,3-10,13-16,18H2,1-2H3,(H,32,33)(H,34,38)/t23-,25+/m1/s1. The first-order valence-electron chi connectivity index (χ1n) is 14.9. The number of oxazole rings is 1. The number of unbranched alkanes of at least 4 members (excludes halogenated alkanes) is 2. The molecule has 2 atom stereocenters. The van der Waals surface area contributed by atoms with E-state index in [-0.39, 0.29) is 23.3 Å². The number of likely N-dealkylation sites (tertiary alicyclic amines) is 1. The number of amides is 1. The fourth-order valence-electron chi connectivity index (χ4n) is 6.18. The molecule has 3 aromatic rings. The van der Waals surface area contributed by atoms with Crippen LogP contribution in [0.3, 0.4) is 0 Å². The fourth-order valence-corrected chi connectivity index (χ4v) is 6.18. The molecule has 2 N–H and O–H groups in total. The molecule has 3 fully saturated rings. The van der Waals surface area contributed by atoms with Crippen LogP contribution >= 0.6 is 0 Å². The van der Waals surface area contributed by atoms with Crippen LogP contribution < -0.4 is 5.32 Å². The largest absolute Gasteiger partial charge is 0.440 e. The smallest absolute Gasteiger partial charge is 0.224 e. The number of nitrogens with zero attached hydrogens (tertiary/aromatic N) is 3. The van der Waals surface area contributed by atoms with Crippen molar-refractivity contribution in [1.29, 1.82) is 0 Å². The van der Waals surface area contributed by atoms with Gasteiger partial charge in [-0.1, -0.05) is 25.8 Å². The number of imidazole rings is 1. The molecule has 3 heterocycles. The lowest BCUT2D eigenvalue weighted by molar-refractivity contribution is -0.124. The number of hydrogen-bond donors (Lipinski definition) is 2.